The van der Waals surface area contributed by atoms with E-state index in [9.17, 15) is 0 Å². The Hall–Kier alpha value is -3.10. The predicted octanol–water partition coefficient (Wildman–Crippen LogP) is 10.3. The van der Waals surface area contributed by atoms with E-state index in [-0.39, 0.29) is 22.4 Å². The van der Waals surface area contributed by atoms with E-state index in [1.807, 2.05) is 13.8 Å². The molecule has 0 spiro atoms. The van der Waals surface area contributed by atoms with Crippen molar-refractivity contribution in [2.45, 2.75) is 39.0 Å². The van der Waals surface area contributed by atoms with E-state index in [1.54, 1.807) is 0 Å². The molecule has 2 fully saturated rings. The Morgan fingerprint density at radius 2 is 1.54 bits per heavy atom. The Balaban J connectivity index is 0.000000822. The van der Waals surface area contributed by atoms with Crippen LogP contribution in [-0.4, -0.2) is 0 Å². The van der Waals surface area contributed by atoms with Crippen molar-refractivity contribution >= 4 is 38.9 Å². The molecule has 0 N–H and O–H groups in total. The third-order valence-corrected chi connectivity index (χ3v) is 8.77. The van der Waals surface area contributed by atoms with Gasteiger partial charge in [-0.15, -0.1) is 17.0 Å². The van der Waals surface area contributed by atoms with Crippen molar-refractivity contribution in [3.63, 3.8) is 0 Å². The number of halogens is 1. The highest BCUT2D eigenvalue weighted by Gasteiger charge is 2.65. The minimum atomic E-state index is 0. The van der Waals surface area contributed by atoms with Crippen molar-refractivity contribution in [2.24, 2.45) is 17.8 Å². The normalized spacial score (nSPS) is 24.5. The molecule has 0 aliphatic heterocycles. The maximum absolute atomic E-state index is 6.16. The van der Waals surface area contributed by atoms with Crippen LogP contribution < -0.4 is 0 Å². The van der Waals surface area contributed by atoms with E-state index in [1.165, 1.54) is 57.0 Å². The number of hydrogen-bond acceptors (Lipinski definition) is 1. The van der Waals surface area contributed by atoms with E-state index >= 15 is 0 Å². The largest absolute Gasteiger partial charge is 0.456 e. The fraction of sp³-hybridized carbons (Fsp3) is 0.257. The van der Waals surface area contributed by atoms with Gasteiger partial charge < -0.3 is 4.42 Å². The molecule has 0 saturated heterocycles. The summed E-state index contributed by atoms with van der Waals surface area (Å²) >= 11 is 0. The topological polar surface area (TPSA) is 13.1 Å². The van der Waals surface area contributed by atoms with Crippen molar-refractivity contribution < 1.29 is 4.42 Å². The minimum Gasteiger partial charge on any atom is -0.456 e. The Kier molecular flexibility index (Phi) is 5.92. The lowest BCUT2D eigenvalue weighted by atomic mass is 9.81. The van der Waals surface area contributed by atoms with Crippen LogP contribution in [0.2, 0.25) is 0 Å². The molecule has 1 heterocycles. The summed E-state index contributed by atoms with van der Waals surface area (Å²) in [6.07, 6.45) is 7.78. The number of benzene rings is 4. The number of furan rings is 1. The van der Waals surface area contributed by atoms with Gasteiger partial charge in [-0.2, -0.15) is 0 Å². The smallest absolute Gasteiger partial charge is 0.135 e. The van der Waals surface area contributed by atoms with Gasteiger partial charge in [0.1, 0.15) is 11.2 Å². The highest BCUT2D eigenvalue weighted by atomic mass is 79.9. The summed E-state index contributed by atoms with van der Waals surface area (Å²) in [6, 6.07) is 31.1. The lowest BCUT2D eigenvalue weighted by molar-refractivity contribution is 0.590. The molecule has 1 nitrogen and oxygen atoms in total. The molecular formula is C35H33BrO. The van der Waals surface area contributed by atoms with Crippen molar-refractivity contribution in [2.75, 3.05) is 0 Å². The van der Waals surface area contributed by atoms with Gasteiger partial charge in [0, 0.05) is 16.2 Å². The first kappa shape index (κ1) is 24.2. The average Bonchev–Trinajstić information content (AvgIpc) is 3.83. The third kappa shape index (κ3) is 3.64. The first-order valence-corrected chi connectivity index (χ1v) is 13.5. The molecule has 0 bridgehead atoms. The first-order chi connectivity index (χ1) is 17.7. The third-order valence-electron chi connectivity index (χ3n) is 8.77. The minimum absolute atomic E-state index is 0. The molecule has 0 radical (unpaired) electrons. The van der Waals surface area contributed by atoms with Crippen LogP contribution in [0.15, 0.2) is 101 Å². The Labute approximate surface area is 230 Å². The molecule has 186 valence electrons. The predicted molar refractivity (Wildman–Crippen MR) is 162 cm³/mol. The monoisotopic (exact) mass is 548 g/mol. The molecule has 2 heteroatoms. The molecule has 5 aromatic rings. The van der Waals surface area contributed by atoms with E-state index < -0.39 is 0 Å². The van der Waals surface area contributed by atoms with Gasteiger partial charge in [-0.25, -0.2) is 0 Å². The second kappa shape index (κ2) is 9.03. The van der Waals surface area contributed by atoms with E-state index in [4.69, 9.17) is 4.42 Å². The van der Waals surface area contributed by atoms with Crippen molar-refractivity contribution in [3.05, 3.63) is 108 Å². The summed E-state index contributed by atoms with van der Waals surface area (Å²) in [6.45, 7) is 6.17. The quantitative estimate of drug-likeness (QED) is 0.204. The van der Waals surface area contributed by atoms with Crippen LogP contribution in [0.25, 0.3) is 44.2 Å². The second-order valence-electron chi connectivity index (χ2n) is 10.6. The van der Waals surface area contributed by atoms with Gasteiger partial charge >= 0.3 is 0 Å². The molecule has 1 aromatic heterocycles. The summed E-state index contributed by atoms with van der Waals surface area (Å²) in [5.74, 6) is 2.63. The summed E-state index contributed by atoms with van der Waals surface area (Å²) in [4.78, 5) is 0. The fourth-order valence-electron chi connectivity index (χ4n) is 6.91. The van der Waals surface area contributed by atoms with Gasteiger partial charge in [-0.05, 0) is 89.1 Å². The Morgan fingerprint density at radius 3 is 2.38 bits per heavy atom. The number of aryl methyl sites for hydroxylation is 1. The van der Waals surface area contributed by atoms with Crippen LogP contribution in [0.4, 0.5) is 0 Å². The zero-order valence-electron chi connectivity index (χ0n) is 21.7. The summed E-state index contributed by atoms with van der Waals surface area (Å²) in [5, 5.41) is 2.42. The van der Waals surface area contributed by atoms with Crippen molar-refractivity contribution in [1.29, 1.82) is 0 Å². The molecule has 37 heavy (non-hydrogen) atoms. The maximum Gasteiger partial charge on any atom is 0.135 e. The number of rotatable bonds is 3. The van der Waals surface area contributed by atoms with Crippen molar-refractivity contribution in [3.8, 4) is 22.3 Å². The first-order valence-electron chi connectivity index (χ1n) is 13.5. The molecule has 4 unspecified atom stereocenters. The van der Waals surface area contributed by atoms with Gasteiger partial charge in [-0.1, -0.05) is 92.7 Å². The molecule has 8 rings (SSSR count). The molecule has 3 aliphatic carbocycles. The Morgan fingerprint density at radius 1 is 0.784 bits per heavy atom. The molecule has 4 aromatic carbocycles. The van der Waals surface area contributed by atoms with Crippen LogP contribution >= 0.6 is 17.0 Å². The summed E-state index contributed by atoms with van der Waals surface area (Å²) in [7, 11) is 0. The van der Waals surface area contributed by atoms with Gasteiger partial charge in [0.2, 0.25) is 0 Å². The molecule has 3 aliphatic rings. The highest BCUT2D eigenvalue weighted by molar-refractivity contribution is 8.93. The lowest BCUT2D eigenvalue weighted by Crippen LogP contribution is -2.12. The summed E-state index contributed by atoms with van der Waals surface area (Å²) in [5.41, 5.74) is 10.2. The zero-order valence-corrected chi connectivity index (χ0v) is 23.4. The highest BCUT2D eigenvalue weighted by Crippen LogP contribution is 2.70. The molecular weight excluding hydrogens is 516 g/mol. The maximum atomic E-state index is 6.16. The standard InChI is InChI=1S/C33H26O.C2H6.BrH/c1-20-7-6-12-31-32(20)27-18-21(13-14-30(27)34-31)23-8-2-3-9-24(23)25-10-4-5-11-28(25)33-16-15-22-17-26(22)29(33)19-33;1-2;/h2-16,18,22,26,29H,17,19H2,1H3;1-2H3;1H. The molecule has 2 saturated carbocycles. The van der Waals surface area contributed by atoms with E-state index in [0.717, 1.165) is 28.9 Å². The molecule has 4 atom stereocenters. The number of allylic oxidation sites excluding steroid dienone is 2. The van der Waals surface area contributed by atoms with Crippen LogP contribution in [0.1, 0.15) is 37.8 Å². The van der Waals surface area contributed by atoms with Crippen LogP contribution in [0, 0.1) is 24.7 Å². The van der Waals surface area contributed by atoms with Crippen LogP contribution in [0.3, 0.4) is 0 Å². The zero-order chi connectivity index (χ0) is 24.4. The van der Waals surface area contributed by atoms with Crippen LogP contribution in [0.5, 0.6) is 0 Å². The van der Waals surface area contributed by atoms with Crippen molar-refractivity contribution in [1.82, 2.24) is 0 Å². The lowest BCUT2D eigenvalue weighted by Gasteiger charge is -2.22. The van der Waals surface area contributed by atoms with Gasteiger partial charge in [0.25, 0.3) is 0 Å². The fourth-order valence-corrected chi connectivity index (χ4v) is 6.91. The summed E-state index contributed by atoms with van der Waals surface area (Å²) < 4.78 is 6.16. The van der Waals surface area contributed by atoms with E-state index in [0.29, 0.717) is 0 Å². The SMILES string of the molecule is Br.CC.Cc1cccc2oc3ccc(-c4ccccc4-c4ccccc4C45C=CC6CC6C4C5)cc3c12. The second-order valence-corrected chi connectivity index (χ2v) is 10.6. The van der Waals surface area contributed by atoms with Gasteiger partial charge in [-0.3, -0.25) is 0 Å². The number of hydrogen-bond donors (Lipinski definition) is 0. The average molecular weight is 550 g/mol. The van der Waals surface area contributed by atoms with Gasteiger partial charge in [0.05, 0.1) is 0 Å². The number of fused-ring (bicyclic) bond motifs is 6. The molecule has 0 amide bonds. The van der Waals surface area contributed by atoms with E-state index in [2.05, 4.69) is 104 Å². The van der Waals surface area contributed by atoms with Crippen LogP contribution in [-0.2, 0) is 5.41 Å². The Bertz CT molecular complexity index is 1660. The van der Waals surface area contributed by atoms with Gasteiger partial charge in [0.15, 0.2) is 0 Å².